The van der Waals surface area contributed by atoms with Gasteiger partial charge in [-0.1, -0.05) is 0 Å². The summed E-state index contributed by atoms with van der Waals surface area (Å²) in [6.07, 6.45) is 0. The molecular weight excluding hydrogens is 463 g/mol. The number of diazo groups is 2. The first-order chi connectivity index (χ1) is 11.1. The molecule has 0 fully saturated rings. The van der Waals surface area contributed by atoms with Crippen LogP contribution in [0.3, 0.4) is 0 Å². The summed E-state index contributed by atoms with van der Waals surface area (Å²) in [4.78, 5) is 6.28. The van der Waals surface area contributed by atoms with Gasteiger partial charge in [0.2, 0.25) is 22.3 Å². The topological polar surface area (TPSA) is 74.8 Å². The summed E-state index contributed by atoms with van der Waals surface area (Å²) >= 11 is -0.931. The van der Waals surface area contributed by atoms with Crippen LogP contribution < -0.4 is 34.3 Å². The van der Waals surface area contributed by atoms with E-state index in [2.05, 4.69) is 9.95 Å². The molecule has 0 N–H and O–H groups in total. The van der Waals surface area contributed by atoms with Crippen LogP contribution in [0.1, 0.15) is 0 Å². The zero-order valence-electron chi connectivity index (χ0n) is 13.3. The van der Waals surface area contributed by atoms with Crippen LogP contribution in [0.4, 0.5) is 11.4 Å². The van der Waals surface area contributed by atoms with E-state index in [0.717, 1.165) is 11.1 Å². The van der Waals surface area contributed by atoms with E-state index in [1.165, 1.54) is 14.2 Å². The Morgan fingerprint density at radius 1 is 0.800 bits per heavy atom. The first-order valence-electron chi connectivity index (χ1n) is 6.33. The van der Waals surface area contributed by atoms with E-state index in [1.54, 1.807) is 36.4 Å². The number of hydrogen-bond acceptors (Lipinski definition) is 4. The van der Waals surface area contributed by atoms with E-state index in [0.29, 0.717) is 22.9 Å². The van der Waals surface area contributed by atoms with Gasteiger partial charge in [0.25, 0.3) is 0 Å². The fraction of sp³-hybridized carbons (Fsp3) is 0.143. The molecule has 6 nitrogen and oxygen atoms in total. The molecule has 0 aliphatic carbocycles. The molecule has 0 saturated carbocycles. The molecule has 2 rings (SSSR count). The Morgan fingerprint density at radius 3 is 1.36 bits per heavy atom. The summed E-state index contributed by atoms with van der Waals surface area (Å²) in [5.41, 5.74) is 2.42. The van der Waals surface area contributed by atoms with Crippen molar-refractivity contribution in [3.63, 3.8) is 0 Å². The third kappa shape index (κ3) is 7.20. The number of benzene rings is 2. The Hall–Kier alpha value is -1.34. The van der Waals surface area contributed by atoms with Gasteiger partial charge >= 0.3 is 45.9 Å². The van der Waals surface area contributed by atoms with E-state index < -0.39 is 15.1 Å². The zero-order chi connectivity index (χ0) is 17.2. The standard InChI is InChI=1S/C14H12N4O2.4ClH.Zn/c1-19-13-7-9(3-5-11(13)17-15)10-4-6-12(18-16)14(8-10)20-2;;;;;/h3-8H,1-2H3;4*1H;/q+2;;;;;+2/p-4. The second kappa shape index (κ2) is 13.9. The van der Waals surface area contributed by atoms with Gasteiger partial charge in [-0.2, -0.15) is 0 Å². The molecular formula is C14H12Cl4N4O2Zn. The second-order valence-corrected chi connectivity index (χ2v) is 8.70. The van der Waals surface area contributed by atoms with Crippen molar-refractivity contribution in [3.8, 4) is 22.6 Å². The number of rotatable bonds is 3. The van der Waals surface area contributed by atoms with Gasteiger partial charge in [-0.05, 0) is 35.4 Å². The van der Waals surface area contributed by atoms with Gasteiger partial charge in [-0.25, -0.2) is 0 Å². The molecule has 0 saturated heterocycles. The average Bonchev–Trinajstić information content (AvgIpc) is 2.61. The third-order valence-electron chi connectivity index (χ3n) is 2.91. The van der Waals surface area contributed by atoms with E-state index in [4.69, 9.17) is 39.6 Å². The Balaban J connectivity index is 0. The summed E-state index contributed by atoms with van der Waals surface area (Å²) < 4.78 is 10.3. The van der Waals surface area contributed by atoms with Crippen molar-refractivity contribution < 1.29 is 49.4 Å². The Bertz CT molecular complexity index is 702. The fourth-order valence-electron chi connectivity index (χ4n) is 1.88. The monoisotopic (exact) mass is 472 g/mol. The molecule has 130 valence electrons. The predicted octanol–water partition coefficient (Wildman–Crippen LogP) is -0.276. The molecule has 0 radical (unpaired) electrons. The zero-order valence-corrected chi connectivity index (χ0v) is 19.3. The number of ether oxygens (including phenoxy) is 2. The first-order valence-corrected chi connectivity index (χ1v) is 14.1. The molecule has 0 spiro atoms. The van der Waals surface area contributed by atoms with Crippen LogP contribution in [0.15, 0.2) is 36.4 Å². The van der Waals surface area contributed by atoms with Crippen LogP contribution in [0.5, 0.6) is 11.5 Å². The minimum absolute atomic E-state index is 0. The molecule has 0 atom stereocenters. The SMILES string of the molecule is COc1cc(-c2ccc([N+]#N)c(OC)c2)ccc1[N+]#N.[Cl-].[Cl-].[Cl][Zn][Cl]. The van der Waals surface area contributed by atoms with E-state index in [9.17, 15) is 0 Å². The molecule has 0 unspecified atom stereocenters. The van der Waals surface area contributed by atoms with Crippen molar-refractivity contribution in [2.24, 2.45) is 0 Å². The van der Waals surface area contributed by atoms with E-state index in [-0.39, 0.29) is 24.8 Å². The molecule has 2 aromatic rings. The Kier molecular flexibility index (Phi) is 14.4. The van der Waals surface area contributed by atoms with Crippen molar-refractivity contribution in [3.05, 3.63) is 46.4 Å². The molecule has 0 aliphatic heterocycles. The molecule has 0 aromatic heterocycles. The van der Waals surface area contributed by atoms with E-state index >= 15 is 0 Å². The summed E-state index contributed by atoms with van der Waals surface area (Å²) in [6.45, 7) is 0. The number of nitrogens with zero attached hydrogens (tertiary/aromatic N) is 4. The maximum atomic E-state index is 8.85. The predicted molar refractivity (Wildman–Crippen MR) is 86.2 cm³/mol. The fourth-order valence-corrected chi connectivity index (χ4v) is 1.88. The van der Waals surface area contributed by atoms with Gasteiger partial charge in [-0.3, -0.25) is 0 Å². The van der Waals surface area contributed by atoms with Crippen LogP contribution in [0, 0.1) is 10.8 Å². The third-order valence-corrected chi connectivity index (χ3v) is 2.91. The summed E-state index contributed by atoms with van der Waals surface area (Å²) in [7, 11) is 12.9. The van der Waals surface area contributed by atoms with Crippen molar-refractivity contribution in [2.45, 2.75) is 0 Å². The summed E-state index contributed by atoms with van der Waals surface area (Å²) in [6, 6.07) is 10.4. The van der Waals surface area contributed by atoms with Crippen molar-refractivity contribution in [1.29, 1.82) is 10.8 Å². The average molecular weight is 475 g/mol. The number of methoxy groups -OCH3 is 2. The van der Waals surface area contributed by atoms with Gasteiger partial charge in [0, 0.05) is 12.1 Å². The molecule has 0 bridgehead atoms. The van der Waals surface area contributed by atoms with Crippen LogP contribution >= 0.6 is 19.4 Å². The second-order valence-electron chi connectivity index (χ2n) is 4.07. The Morgan fingerprint density at radius 2 is 1.12 bits per heavy atom. The molecule has 0 aliphatic rings. The van der Waals surface area contributed by atoms with Gasteiger partial charge in [-0.15, -0.1) is 0 Å². The summed E-state index contributed by atoms with van der Waals surface area (Å²) in [5, 5.41) is 17.7. The van der Waals surface area contributed by atoms with Gasteiger partial charge in [0.1, 0.15) is 0 Å². The number of halogens is 4. The molecule has 0 amide bonds. The van der Waals surface area contributed by atoms with Crippen molar-refractivity contribution >= 4 is 30.8 Å². The minimum atomic E-state index is -0.931. The first kappa shape index (κ1) is 25.9. The van der Waals surface area contributed by atoms with Crippen LogP contribution in [0.25, 0.3) is 21.1 Å². The molecule has 0 heterocycles. The van der Waals surface area contributed by atoms with Crippen LogP contribution in [-0.2, 0) is 15.1 Å². The van der Waals surface area contributed by atoms with Crippen molar-refractivity contribution in [1.82, 2.24) is 0 Å². The van der Waals surface area contributed by atoms with Crippen LogP contribution in [-0.4, -0.2) is 14.2 Å². The van der Waals surface area contributed by atoms with Gasteiger partial charge in [0.15, 0.2) is 9.95 Å². The van der Waals surface area contributed by atoms with Crippen molar-refractivity contribution in [2.75, 3.05) is 14.2 Å². The number of hydrogen-bond donors (Lipinski definition) is 0. The summed E-state index contributed by atoms with van der Waals surface area (Å²) in [5.74, 6) is 0.916. The maximum absolute atomic E-state index is 8.85. The van der Waals surface area contributed by atoms with Crippen LogP contribution in [0.2, 0.25) is 0 Å². The molecule has 25 heavy (non-hydrogen) atoms. The van der Waals surface area contributed by atoms with Gasteiger partial charge in [0.05, 0.1) is 14.2 Å². The van der Waals surface area contributed by atoms with E-state index in [1.807, 2.05) is 0 Å². The quantitative estimate of drug-likeness (QED) is 0.453. The molecule has 11 heteroatoms. The van der Waals surface area contributed by atoms with Gasteiger partial charge < -0.3 is 34.3 Å². The Labute approximate surface area is 173 Å². The molecule has 2 aromatic carbocycles. The normalized spacial score (nSPS) is 7.92.